The van der Waals surface area contributed by atoms with Crippen LogP contribution < -0.4 is 10.6 Å². The average molecular weight is 781 g/mol. The number of carbonyl (C=O) groups excluding carboxylic acids is 5. The van der Waals surface area contributed by atoms with Gasteiger partial charge in [-0.1, -0.05) is 59.2 Å². The van der Waals surface area contributed by atoms with Gasteiger partial charge in [-0.25, -0.2) is 4.98 Å². The third kappa shape index (κ3) is 11.2. The van der Waals surface area contributed by atoms with Crippen LogP contribution in [0, 0.1) is 17.8 Å². The highest BCUT2D eigenvalue weighted by atomic mass is 32.1. The molecule has 1 saturated heterocycles. The SMILES string of the molecule is COC(=O)[C@@H](C)C[C@H](Cc1cn(C)c2ccccc12)NC(=O)c1csc([C@@H](C[C@H](C(C)C)N(C)C(=O)[C@@H](NC(=O)[C@H]2CCCCN2C)C(C)C)OC(C)=O)n1. The van der Waals surface area contributed by atoms with Crippen LogP contribution in [-0.2, 0) is 42.1 Å². The van der Waals surface area contributed by atoms with E-state index in [9.17, 15) is 24.0 Å². The first kappa shape index (κ1) is 43.4. The van der Waals surface area contributed by atoms with Gasteiger partial charge in [0.25, 0.3) is 5.91 Å². The van der Waals surface area contributed by atoms with Crippen LogP contribution in [0.1, 0.15) is 101 Å². The van der Waals surface area contributed by atoms with E-state index in [0.717, 1.165) is 42.3 Å². The molecule has 0 spiro atoms. The topological polar surface area (TPSA) is 152 Å². The normalized spacial score (nSPS) is 17.6. The van der Waals surface area contributed by atoms with Crippen LogP contribution in [0.4, 0.5) is 0 Å². The molecule has 0 bridgehead atoms. The van der Waals surface area contributed by atoms with Gasteiger partial charge >= 0.3 is 11.9 Å². The lowest BCUT2D eigenvalue weighted by atomic mass is 9.94. The Labute approximate surface area is 329 Å². The molecule has 0 radical (unpaired) electrons. The van der Waals surface area contributed by atoms with Crippen molar-refractivity contribution in [3.05, 3.63) is 52.1 Å². The molecule has 13 nitrogen and oxygen atoms in total. The van der Waals surface area contributed by atoms with Crippen molar-refractivity contribution in [3.8, 4) is 0 Å². The molecule has 2 aromatic heterocycles. The molecule has 0 unspecified atom stereocenters. The lowest BCUT2D eigenvalue weighted by Gasteiger charge is -2.37. The fraction of sp³-hybridized carbons (Fsp3) is 0.610. The summed E-state index contributed by atoms with van der Waals surface area (Å²) >= 11 is 1.20. The number of aromatic nitrogens is 2. The van der Waals surface area contributed by atoms with Gasteiger partial charge in [-0.15, -0.1) is 11.3 Å². The minimum Gasteiger partial charge on any atom is -0.469 e. The van der Waals surface area contributed by atoms with Crippen LogP contribution in [0.5, 0.6) is 0 Å². The largest absolute Gasteiger partial charge is 0.469 e. The molecule has 1 aliphatic heterocycles. The van der Waals surface area contributed by atoms with Gasteiger partial charge in [0.2, 0.25) is 11.8 Å². The summed E-state index contributed by atoms with van der Waals surface area (Å²) in [5, 5.41) is 9.28. The van der Waals surface area contributed by atoms with Gasteiger partial charge in [0.05, 0.1) is 19.1 Å². The number of likely N-dealkylation sites (tertiary alicyclic amines) is 1. The number of likely N-dealkylation sites (N-methyl/N-ethyl adjacent to an activating group) is 2. The first-order chi connectivity index (χ1) is 26.0. The Balaban J connectivity index is 1.53. The quantitative estimate of drug-likeness (QED) is 0.175. The minimum absolute atomic E-state index is 0.0469. The van der Waals surface area contributed by atoms with E-state index in [-0.39, 0.29) is 47.8 Å². The number of piperidine rings is 1. The number of methoxy groups -OCH3 is 1. The molecule has 0 saturated carbocycles. The molecule has 0 aliphatic carbocycles. The van der Waals surface area contributed by atoms with Gasteiger partial charge in [-0.2, -0.15) is 0 Å². The minimum atomic E-state index is -0.833. The van der Waals surface area contributed by atoms with E-state index in [1.807, 2.05) is 81.7 Å². The molecule has 1 aliphatic rings. The van der Waals surface area contributed by atoms with E-state index in [2.05, 4.69) is 15.6 Å². The van der Waals surface area contributed by atoms with Crippen molar-refractivity contribution in [2.75, 3.05) is 27.7 Å². The fourth-order valence-corrected chi connectivity index (χ4v) is 8.46. The number of hydrogen-bond acceptors (Lipinski definition) is 10. The highest BCUT2D eigenvalue weighted by Crippen LogP contribution is 2.31. The number of nitrogens with zero attached hydrogens (tertiary/aromatic N) is 4. The lowest BCUT2D eigenvalue weighted by molar-refractivity contribution is -0.149. The molecule has 55 heavy (non-hydrogen) atoms. The maximum atomic E-state index is 14.1. The molecular weight excluding hydrogens is 721 g/mol. The maximum Gasteiger partial charge on any atom is 0.308 e. The first-order valence-corrected chi connectivity index (χ1v) is 20.2. The number of para-hydroxylation sites is 1. The van der Waals surface area contributed by atoms with Crippen molar-refractivity contribution in [1.29, 1.82) is 0 Å². The Hall–Kier alpha value is -4.30. The molecule has 3 amide bonds. The lowest BCUT2D eigenvalue weighted by Crippen LogP contribution is -2.57. The highest BCUT2D eigenvalue weighted by Gasteiger charge is 2.37. The number of aryl methyl sites for hydroxylation is 1. The standard InChI is InChI=1S/C41H60N6O7S/c1-24(2)34(47(9)40(51)36(25(3)4)44-38(50)33-17-13-14-18-45(33)7)21-35(54-27(6)48)39-43-31(23-55-39)37(49)42-29(19-26(5)41(52)53-10)20-28-22-46(8)32-16-12-11-15-30(28)32/h11-12,15-16,22-26,29,33-36H,13-14,17-21H2,1-10H3,(H,42,49)(H,44,50)/t26-,29+,33+,34+,35+,36-/m0/s1. The summed E-state index contributed by atoms with van der Waals surface area (Å²) in [5.41, 5.74) is 2.26. The van der Waals surface area contributed by atoms with E-state index in [0.29, 0.717) is 17.8 Å². The zero-order valence-corrected chi connectivity index (χ0v) is 34.9. The number of fused-ring (bicyclic) bond motifs is 1. The van der Waals surface area contributed by atoms with Crippen molar-refractivity contribution >= 4 is 51.9 Å². The van der Waals surface area contributed by atoms with Crippen molar-refractivity contribution in [3.63, 3.8) is 0 Å². The number of thiazole rings is 1. The summed E-state index contributed by atoms with van der Waals surface area (Å²) in [6.45, 7) is 11.7. The Morgan fingerprint density at radius 3 is 2.35 bits per heavy atom. The Kier molecular flexibility index (Phi) is 15.4. The zero-order valence-electron chi connectivity index (χ0n) is 34.1. The summed E-state index contributed by atoms with van der Waals surface area (Å²) in [4.78, 5) is 74.5. The molecule has 2 N–H and O–H groups in total. The second-order valence-electron chi connectivity index (χ2n) is 15.7. The van der Waals surface area contributed by atoms with E-state index < -0.39 is 42.0 Å². The van der Waals surface area contributed by atoms with E-state index in [1.54, 1.807) is 24.3 Å². The molecule has 6 atom stereocenters. The summed E-state index contributed by atoms with van der Waals surface area (Å²) in [6.07, 6.45) is 5.03. The third-order valence-corrected chi connectivity index (χ3v) is 11.7. The van der Waals surface area contributed by atoms with Crippen LogP contribution in [0.3, 0.4) is 0 Å². The zero-order chi connectivity index (χ0) is 40.6. The first-order valence-electron chi connectivity index (χ1n) is 19.3. The number of carbonyl (C=O) groups is 5. The molecule has 4 rings (SSSR count). The smallest absolute Gasteiger partial charge is 0.308 e. The predicted molar refractivity (Wildman–Crippen MR) is 213 cm³/mol. The Bertz CT molecular complexity index is 1800. The molecule has 3 heterocycles. The van der Waals surface area contributed by atoms with Crippen LogP contribution in [0.15, 0.2) is 35.8 Å². The second-order valence-corrected chi connectivity index (χ2v) is 16.6. The summed E-state index contributed by atoms with van der Waals surface area (Å²) in [7, 11) is 6.98. The number of hydrogen-bond donors (Lipinski definition) is 2. The van der Waals surface area contributed by atoms with Gasteiger partial charge in [0.1, 0.15) is 16.7 Å². The molecular formula is C41H60N6O7S. The van der Waals surface area contributed by atoms with Gasteiger partial charge in [-0.05, 0) is 62.7 Å². The predicted octanol–water partition coefficient (Wildman–Crippen LogP) is 5.28. The number of nitrogens with one attached hydrogen (secondary N) is 2. The number of esters is 2. The van der Waals surface area contributed by atoms with E-state index >= 15 is 0 Å². The second kappa shape index (κ2) is 19.5. The third-order valence-electron chi connectivity index (χ3n) is 10.7. The van der Waals surface area contributed by atoms with E-state index in [4.69, 9.17) is 9.47 Å². The van der Waals surface area contributed by atoms with Gasteiger partial charge in [-0.3, -0.25) is 28.9 Å². The number of ether oxygens (including phenoxy) is 2. The average Bonchev–Trinajstić information content (AvgIpc) is 3.76. The fourth-order valence-electron chi connectivity index (χ4n) is 7.62. The molecule has 14 heteroatoms. The van der Waals surface area contributed by atoms with Crippen LogP contribution in [0.25, 0.3) is 10.9 Å². The van der Waals surface area contributed by atoms with Crippen molar-refractivity contribution in [1.82, 2.24) is 30.0 Å². The molecule has 302 valence electrons. The van der Waals surface area contributed by atoms with Crippen molar-refractivity contribution in [2.45, 2.75) is 110 Å². The molecule has 3 aromatic rings. The number of benzene rings is 1. The van der Waals surface area contributed by atoms with Gasteiger partial charge < -0.3 is 29.6 Å². The van der Waals surface area contributed by atoms with Crippen LogP contribution in [-0.4, -0.2) is 101 Å². The van der Waals surface area contributed by atoms with Gasteiger partial charge in [0, 0.05) is 62.0 Å². The van der Waals surface area contributed by atoms with Crippen molar-refractivity contribution in [2.24, 2.45) is 24.8 Å². The van der Waals surface area contributed by atoms with E-state index in [1.165, 1.54) is 25.4 Å². The summed E-state index contributed by atoms with van der Waals surface area (Å²) < 4.78 is 12.8. The van der Waals surface area contributed by atoms with Crippen LogP contribution in [0.2, 0.25) is 0 Å². The van der Waals surface area contributed by atoms with Crippen LogP contribution >= 0.6 is 11.3 Å². The maximum absolute atomic E-state index is 14.1. The summed E-state index contributed by atoms with van der Waals surface area (Å²) in [6, 6.07) is 6.21. The monoisotopic (exact) mass is 780 g/mol. The summed E-state index contributed by atoms with van der Waals surface area (Å²) in [5.74, 6) is -2.33. The Morgan fingerprint density at radius 1 is 1.00 bits per heavy atom. The molecule has 1 fully saturated rings. The molecule has 1 aromatic carbocycles. The van der Waals surface area contributed by atoms with Gasteiger partial charge in [0.15, 0.2) is 6.10 Å². The Morgan fingerprint density at radius 2 is 1.71 bits per heavy atom. The number of rotatable bonds is 17. The van der Waals surface area contributed by atoms with Crippen molar-refractivity contribution < 1.29 is 33.4 Å². The highest BCUT2D eigenvalue weighted by molar-refractivity contribution is 7.09. The number of amides is 3.